The van der Waals surface area contributed by atoms with Crippen molar-refractivity contribution in [3.8, 4) is 0 Å². The molecule has 0 saturated carbocycles. The van der Waals surface area contributed by atoms with Gasteiger partial charge in [0.05, 0.1) is 6.54 Å². The van der Waals surface area contributed by atoms with E-state index in [0.717, 1.165) is 0 Å². The van der Waals surface area contributed by atoms with Gasteiger partial charge in [-0.15, -0.1) is 0 Å². The summed E-state index contributed by atoms with van der Waals surface area (Å²) in [6.07, 6.45) is 1.46. The molecule has 0 atom stereocenters. The zero-order chi connectivity index (χ0) is 15.4. The van der Waals surface area contributed by atoms with Crippen LogP contribution in [0.5, 0.6) is 0 Å². The fraction of sp³-hybridized carbons (Fsp3) is 0.500. The number of carbonyl (C=O) groups excluding carboxylic acids is 2. The molecule has 0 spiro atoms. The number of nitrogens with zero attached hydrogens (tertiary/aromatic N) is 3. The molecule has 1 aliphatic heterocycles. The second-order valence-electron chi connectivity index (χ2n) is 5.35. The zero-order valence-electron chi connectivity index (χ0n) is 12.3. The molecule has 1 aromatic heterocycles. The Bertz CT molecular complexity index is 574. The summed E-state index contributed by atoms with van der Waals surface area (Å²) in [4.78, 5) is 43.2. The van der Waals surface area contributed by atoms with E-state index in [2.05, 4.69) is 4.98 Å². The molecule has 114 valence electrons. The van der Waals surface area contributed by atoms with Crippen LogP contribution in [0.2, 0.25) is 0 Å². The first-order valence-corrected chi connectivity index (χ1v) is 6.88. The summed E-state index contributed by atoms with van der Waals surface area (Å²) in [6, 6.07) is 2.89. The van der Waals surface area contributed by atoms with E-state index in [9.17, 15) is 14.4 Å². The SMILES string of the molecule is CN(C)CC(=O)N1CCN(C(=O)c2cc[nH]c(=O)c2)CC1. The first-order chi connectivity index (χ1) is 9.97. The number of amides is 2. The van der Waals surface area contributed by atoms with Gasteiger partial charge in [-0.3, -0.25) is 14.4 Å². The summed E-state index contributed by atoms with van der Waals surface area (Å²) in [5, 5.41) is 0. The fourth-order valence-electron chi connectivity index (χ4n) is 2.29. The van der Waals surface area contributed by atoms with Crippen LogP contribution >= 0.6 is 0 Å². The molecule has 1 aromatic rings. The molecule has 7 heteroatoms. The molecule has 1 saturated heterocycles. The predicted molar refractivity (Wildman–Crippen MR) is 78.1 cm³/mol. The quantitative estimate of drug-likeness (QED) is 0.793. The lowest BCUT2D eigenvalue weighted by Gasteiger charge is -2.35. The van der Waals surface area contributed by atoms with Crippen molar-refractivity contribution in [2.45, 2.75) is 0 Å². The Morgan fingerprint density at radius 1 is 1.19 bits per heavy atom. The van der Waals surface area contributed by atoms with E-state index in [1.54, 1.807) is 15.9 Å². The highest BCUT2D eigenvalue weighted by Gasteiger charge is 2.24. The number of hydrogen-bond acceptors (Lipinski definition) is 4. The molecule has 7 nitrogen and oxygen atoms in total. The monoisotopic (exact) mass is 292 g/mol. The maximum Gasteiger partial charge on any atom is 0.254 e. The van der Waals surface area contributed by atoms with Gasteiger partial charge in [0.2, 0.25) is 11.5 Å². The average molecular weight is 292 g/mol. The predicted octanol–water partition coefficient (Wildman–Crippen LogP) is -0.779. The van der Waals surface area contributed by atoms with Crippen molar-refractivity contribution in [1.82, 2.24) is 19.7 Å². The molecule has 0 aliphatic carbocycles. The van der Waals surface area contributed by atoms with E-state index in [4.69, 9.17) is 0 Å². The van der Waals surface area contributed by atoms with Gasteiger partial charge in [0, 0.05) is 44.0 Å². The summed E-state index contributed by atoms with van der Waals surface area (Å²) < 4.78 is 0. The van der Waals surface area contributed by atoms with Crippen LogP contribution in [-0.4, -0.2) is 78.3 Å². The molecule has 1 N–H and O–H groups in total. The number of piperazine rings is 1. The minimum absolute atomic E-state index is 0.0725. The minimum Gasteiger partial charge on any atom is -0.338 e. The van der Waals surface area contributed by atoms with Gasteiger partial charge in [-0.1, -0.05) is 0 Å². The van der Waals surface area contributed by atoms with Gasteiger partial charge in [0.1, 0.15) is 0 Å². The van der Waals surface area contributed by atoms with Crippen LogP contribution in [0.25, 0.3) is 0 Å². The lowest BCUT2D eigenvalue weighted by atomic mass is 10.2. The molecule has 0 unspecified atom stereocenters. The Morgan fingerprint density at radius 3 is 2.38 bits per heavy atom. The van der Waals surface area contributed by atoms with Crippen molar-refractivity contribution in [2.24, 2.45) is 0 Å². The third-order valence-electron chi connectivity index (χ3n) is 3.39. The van der Waals surface area contributed by atoms with E-state index in [1.807, 2.05) is 19.0 Å². The van der Waals surface area contributed by atoms with Crippen molar-refractivity contribution in [2.75, 3.05) is 46.8 Å². The molecular formula is C14H20N4O3. The Hall–Kier alpha value is -2.15. The molecule has 21 heavy (non-hydrogen) atoms. The summed E-state index contributed by atoms with van der Waals surface area (Å²) in [7, 11) is 3.70. The van der Waals surface area contributed by atoms with Crippen molar-refractivity contribution < 1.29 is 9.59 Å². The van der Waals surface area contributed by atoms with E-state index >= 15 is 0 Å². The number of hydrogen-bond donors (Lipinski definition) is 1. The van der Waals surface area contributed by atoms with Gasteiger partial charge in [-0.2, -0.15) is 0 Å². The van der Waals surface area contributed by atoms with Crippen molar-refractivity contribution in [3.63, 3.8) is 0 Å². The Labute approximate surface area is 123 Å². The number of aromatic amines is 1. The Morgan fingerprint density at radius 2 is 1.81 bits per heavy atom. The molecule has 1 fully saturated rings. The highest BCUT2D eigenvalue weighted by atomic mass is 16.2. The molecule has 2 amide bonds. The van der Waals surface area contributed by atoms with E-state index in [0.29, 0.717) is 38.3 Å². The first-order valence-electron chi connectivity index (χ1n) is 6.88. The molecule has 0 radical (unpaired) electrons. The molecule has 0 aromatic carbocycles. The number of aromatic nitrogens is 1. The maximum atomic E-state index is 12.3. The van der Waals surface area contributed by atoms with Crippen LogP contribution in [0.1, 0.15) is 10.4 Å². The van der Waals surface area contributed by atoms with Crippen molar-refractivity contribution in [1.29, 1.82) is 0 Å². The largest absolute Gasteiger partial charge is 0.338 e. The molecule has 0 bridgehead atoms. The average Bonchev–Trinajstić information content (AvgIpc) is 2.46. The summed E-state index contributed by atoms with van der Waals surface area (Å²) in [5.74, 6) is -0.0935. The molecular weight excluding hydrogens is 272 g/mol. The van der Waals surface area contributed by atoms with Gasteiger partial charge < -0.3 is 19.7 Å². The molecule has 1 aliphatic rings. The lowest BCUT2D eigenvalue weighted by molar-refractivity contribution is -0.133. The van der Waals surface area contributed by atoms with Crippen LogP contribution in [0.3, 0.4) is 0 Å². The summed E-state index contributed by atoms with van der Waals surface area (Å²) in [5.41, 5.74) is 0.0902. The Balaban J connectivity index is 1.93. The first kappa shape index (κ1) is 15.2. The second kappa shape index (κ2) is 6.53. The second-order valence-corrected chi connectivity index (χ2v) is 5.35. The number of likely N-dealkylation sites (N-methyl/N-ethyl adjacent to an activating group) is 1. The molecule has 2 rings (SSSR count). The van der Waals surface area contributed by atoms with Gasteiger partial charge >= 0.3 is 0 Å². The minimum atomic E-state index is -0.291. The van der Waals surface area contributed by atoms with E-state index in [1.165, 1.54) is 12.3 Å². The van der Waals surface area contributed by atoms with Crippen LogP contribution in [0, 0.1) is 0 Å². The Kier molecular flexibility index (Phi) is 4.74. The number of carbonyl (C=O) groups is 2. The van der Waals surface area contributed by atoms with Crippen LogP contribution in [0.4, 0.5) is 0 Å². The smallest absolute Gasteiger partial charge is 0.254 e. The highest BCUT2D eigenvalue weighted by Crippen LogP contribution is 2.07. The number of pyridine rings is 1. The maximum absolute atomic E-state index is 12.3. The summed E-state index contributed by atoms with van der Waals surface area (Å²) >= 11 is 0. The molecule has 2 heterocycles. The van der Waals surface area contributed by atoms with Crippen LogP contribution < -0.4 is 5.56 Å². The van der Waals surface area contributed by atoms with Gasteiger partial charge in [0.15, 0.2) is 0 Å². The van der Waals surface area contributed by atoms with E-state index in [-0.39, 0.29) is 17.4 Å². The zero-order valence-corrected chi connectivity index (χ0v) is 12.3. The van der Waals surface area contributed by atoms with Gasteiger partial charge in [-0.05, 0) is 20.2 Å². The number of nitrogens with one attached hydrogen (secondary N) is 1. The number of H-pyrrole nitrogens is 1. The third kappa shape index (κ3) is 3.91. The summed E-state index contributed by atoms with van der Waals surface area (Å²) in [6.45, 7) is 2.42. The highest BCUT2D eigenvalue weighted by molar-refractivity contribution is 5.94. The number of rotatable bonds is 3. The topological polar surface area (TPSA) is 76.7 Å². The van der Waals surface area contributed by atoms with Crippen molar-refractivity contribution >= 4 is 11.8 Å². The van der Waals surface area contributed by atoms with Crippen LogP contribution in [0.15, 0.2) is 23.1 Å². The third-order valence-corrected chi connectivity index (χ3v) is 3.39. The lowest BCUT2D eigenvalue weighted by Crippen LogP contribution is -2.52. The standard InChI is InChI=1S/C14H20N4O3/c1-16(2)10-13(20)17-5-7-18(8-6-17)14(21)11-3-4-15-12(19)9-11/h3-4,9H,5-8,10H2,1-2H3,(H,15,19). The van der Waals surface area contributed by atoms with Crippen LogP contribution in [-0.2, 0) is 4.79 Å². The van der Waals surface area contributed by atoms with Gasteiger partial charge in [-0.25, -0.2) is 0 Å². The van der Waals surface area contributed by atoms with Gasteiger partial charge in [0.25, 0.3) is 5.91 Å². The normalized spacial score (nSPS) is 15.4. The van der Waals surface area contributed by atoms with E-state index < -0.39 is 0 Å². The van der Waals surface area contributed by atoms with Crippen molar-refractivity contribution in [3.05, 3.63) is 34.2 Å². The fourth-order valence-corrected chi connectivity index (χ4v) is 2.29.